The van der Waals surface area contributed by atoms with Crippen LogP contribution in [0.5, 0.6) is 0 Å². The maximum atomic E-state index is 12.8. The minimum Gasteiger partial charge on any atom is -0.327 e. The highest BCUT2D eigenvalue weighted by Crippen LogP contribution is 2.29. The molecule has 0 saturated carbocycles. The number of hydrogen-bond donors (Lipinski definition) is 2. The summed E-state index contributed by atoms with van der Waals surface area (Å²) < 4.78 is 39.6. The number of fused-ring (bicyclic) bond motifs is 1. The van der Waals surface area contributed by atoms with E-state index in [9.17, 15) is 27.6 Å². The monoisotopic (exact) mass is 363 g/mol. The van der Waals surface area contributed by atoms with Gasteiger partial charge in [0, 0.05) is 30.2 Å². The molecule has 1 amide bonds. The molecule has 2 heterocycles. The van der Waals surface area contributed by atoms with Crippen molar-refractivity contribution in [2.45, 2.75) is 6.18 Å². The summed E-state index contributed by atoms with van der Waals surface area (Å²) in [6.07, 6.45) is -2.88. The van der Waals surface area contributed by atoms with Crippen LogP contribution in [0, 0.1) is 0 Å². The van der Waals surface area contributed by atoms with Crippen LogP contribution in [0.4, 0.5) is 18.9 Å². The fraction of sp³-hybridized carbons (Fsp3) is 0.118. The summed E-state index contributed by atoms with van der Waals surface area (Å²) in [5, 5.41) is 2.79. The number of aromatic nitrogens is 2. The van der Waals surface area contributed by atoms with Gasteiger partial charge in [0.1, 0.15) is 5.69 Å². The predicted octanol–water partition coefficient (Wildman–Crippen LogP) is 2.50. The summed E-state index contributed by atoms with van der Waals surface area (Å²) >= 11 is 0. The number of aryl methyl sites for hydroxylation is 1. The first-order chi connectivity index (χ1) is 12.2. The third kappa shape index (κ3) is 3.10. The minimum absolute atomic E-state index is 0.0551. The molecule has 0 radical (unpaired) electrons. The second kappa shape index (κ2) is 6.17. The van der Waals surface area contributed by atoms with Gasteiger partial charge in [0.15, 0.2) is 0 Å². The van der Waals surface area contributed by atoms with Gasteiger partial charge in [-0.25, -0.2) is 0 Å². The van der Waals surface area contributed by atoms with Crippen molar-refractivity contribution in [3.05, 3.63) is 74.6 Å². The van der Waals surface area contributed by atoms with E-state index < -0.39 is 28.9 Å². The van der Waals surface area contributed by atoms with Crippen LogP contribution < -0.4 is 16.4 Å². The quantitative estimate of drug-likeness (QED) is 0.734. The number of carbonyl (C=O) groups excluding carboxylic acids is 1. The van der Waals surface area contributed by atoms with Crippen molar-refractivity contribution in [2.75, 3.05) is 5.32 Å². The fourth-order valence-corrected chi connectivity index (χ4v) is 2.53. The van der Waals surface area contributed by atoms with Crippen molar-refractivity contribution < 1.29 is 18.0 Å². The number of benzene rings is 1. The van der Waals surface area contributed by atoms with Crippen molar-refractivity contribution in [3.63, 3.8) is 0 Å². The molecule has 0 aliphatic heterocycles. The average Bonchev–Trinajstić information content (AvgIpc) is 2.59. The molecule has 26 heavy (non-hydrogen) atoms. The Morgan fingerprint density at radius 1 is 1.15 bits per heavy atom. The van der Waals surface area contributed by atoms with Crippen LogP contribution in [0.1, 0.15) is 15.9 Å². The standard InChI is InChI=1S/C17H12F3N3O3/c1-23-8-12(10-4-2-3-5-11(10)16(23)26)14(24)22-13-6-9(17(18,19)20)7-21-15(13)25/h2-8H,1H3,(H,21,25)(H,22,24). The first kappa shape index (κ1) is 17.5. The van der Waals surface area contributed by atoms with Gasteiger partial charge in [-0.2, -0.15) is 13.2 Å². The number of rotatable bonds is 2. The number of amides is 1. The largest absolute Gasteiger partial charge is 0.417 e. The van der Waals surface area contributed by atoms with Crippen molar-refractivity contribution >= 4 is 22.4 Å². The van der Waals surface area contributed by atoms with E-state index in [-0.39, 0.29) is 16.5 Å². The molecule has 0 bridgehead atoms. The molecular weight excluding hydrogens is 351 g/mol. The van der Waals surface area contributed by atoms with Crippen molar-refractivity contribution in [3.8, 4) is 0 Å². The molecule has 134 valence electrons. The van der Waals surface area contributed by atoms with E-state index in [1.54, 1.807) is 18.2 Å². The number of nitrogens with zero attached hydrogens (tertiary/aromatic N) is 1. The molecule has 0 atom stereocenters. The SMILES string of the molecule is Cn1cc(C(=O)Nc2cc(C(F)(F)F)c[nH]c2=O)c2ccccc2c1=O. The van der Waals surface area contributed by atoms with Gasteiger partial charge in [-0.05, 0) is 12.1 Å². The zero-order valence-electron chi connectivity index (χ0n) is 13.3. The first-order valence-corrected chi connectivity index (χ1v) is 7.38. The topological polar surface area (TPSA) is 84.0 Å². The number of hydrogen-bond acceptors (Lipinski definition) is 3. The number of anilines is 1. The zero-order chi connectivity index (χ0) is 19.1. The molecule has 0 unspecified atom stereocenters. The lowest BCUT2D eigenvalue weighted by atomic mass is 10.1. The summed E-state index contributed by atoms with van der Waals surface area (Å²) in [5.74, 6) is -0.804. The summed E-state index contributed by atoms with van der Waals surface area (Å²) in [7, 11) is 1.45. The molecule has 0 aliphatic rings. The Balaban J connectivity index is 2.08. The van der Waals surface area contributed by atoms with E-state index in [2.05, 4.69) is 5.32 Å². The van der Waals surface area contributed by atoms with Gasteiger partial charge >= 0.3 is 6.18 Å². The molecule has 2 aromatic heterocycles. The number of carbonyl (C=O) groups is 1. The van der Waals surface area contributed by atoms with Gasteiger partial charge < -0.3 is 14.9 Å². The molecule has 0 saturated heterocycles. The van der Waals surface area contributed by atoms with Crippen LogP contribution in [-0.4, -0.2) is 15.5 Å². The normalized spacial score (nSPS) is 11.5. The van der Waals surface area contributed by atoms with Gasteiger partial charge in [0.2, 0.25) is 0 Å². The Bertz CT molecular complexity index is 1130. The Kier molecular flexibility index (Phi) is 4.15. The number of nitrogens with one attached hydrogen (secondary N) is 2. The average molecular weight is 363 g/mol. The fourth-order valence-electron chi connectivity index (χ4n) is 2.53. The number of H-pyrrole nitrogens is 1. The Hall–Kier alpha value is -3.36. The van der Waals surface area contributed by atoms with Crippen LogP contribution in [0.15, 0.2) is 52.3 Å². The Labute approximate surface area is 143 Å². The highest BCUT2D eigenvalue weighted by molar-refractivity contribution is 6.12. The van der Waals surface area contributed by atoms with Crippen LogP contribution in [0.2, 0.25) is 0 Å². The van der Waals surface area contributed by atoms with Crippen LogP contribution >= 0.6 is 0 Å². The zero-order valence-corrected chi connectivity index (χ0v) is 13.3. The highest BCUT2D eigenvalue weighted by Gasteiger charge is 2.31. The van der Waals surface area contributed by atoms with Crippen molar-refractivity contribution in [1.29, 1.82) is 0 Å². The highest BCUT2D eigenvalue weighted by atomic mass is 19.4. The van der Waals surface area contributed by atoms with E-state index in [1.165, 1.54) is 23.9 Å². The second-order valence-electron chi connectivity index (χ2n) is 5.59. The summed E-state index contributed by atoms with van der Waals surface area (Å²) in [5.41, 5.74) is -2.78. The third-order valence-corrected chi connectivity index (χ3v) is 3.81. The number of alkyl halides is 3. The molecular formula is C17H12F3N3O3. The molecule has 9 heteroatoms. The first-order valence-electron chi connectivity index (χ1n) is 7.38. The maximum absolute atomic E-state index is 12.8. The summed E-state index contributed by atoms with van der Waals surface area (Å²) in [6.45, 7) is 0. The number of pyridine rings is 2. The van der Waals surface area contributed by atoms with Gasteiger partial charge in [-0.1, -0.05) is 18.2 Å². The summed E-state index contributed by atoms with van der Waals surface area (Å²) in [6, 6.07) is 6.88. The lowest BCUT2D eigenvalue weighted by molar-refractivity contribution is -0.137. The minimum atomic E-state index is -4.67. The molecule has 3 rings (SSSR count). The van der Waals surface area contributed by atoms with Crippen molar-refractivity contribution in [1.82, 2.24) is 9.55 Å². The van der Waals surface area contributed by atoms with Crippen LogP contribution in [0.3, 0.4) is 0 Å². The number of aromatic amines is 1. The molecule has 0 fully saturated rings. The lowest BCUT2D eigenvalue weighted by Crippen LogP contribution is -2.24. The summed E-state index contributed by atoms with van der Waals surface area (Å²) in [4.78, 5) is 38.4. The maximum Gasteiger partial charge on any atom is 0.417 e. The lowest BCUT2D eigenvalue weighted by Gasteiger charge is -2.11. The van der Waals surface area contributed by atoms with Gasteiger partial charge in [0.25, 0.3) is 17.0 Å². The van der Waals surface area contributed by atoms with Crippen LogP contribution in [0.25, 0.3) is 10.8 Å². The van der Waals surface area contributed by atoms with Crippen LogP contribution in [-0.2, 0) is 13.2 Å². The molecule has 0 aliphatic carbocycles. The Morgan fingerprint density at radius 3 is 2.46 bits per heavy atom. The number of halogens is 3. The van der Waals surface area contributed by atoms with Gasteiger partial charge in [-0.15, -0.1) is 0 Å². The molecule has 3 aromatic rings. The van der Waals surface area contributed by atoms with Gasteiger partial charge in [0.05, 0.1) is 11.1 Å². The Morgan fingerprint density at radius 2 is 1.81 bits per heavy atom. The third-order valence-electron chi connectivity index (χ3n) is 3.81. The predicted molar refractivity (Wildman–Crippen MR) is 89.2 cm³/mol. The van der Waals surface area contributed by atoms with Crippen molar-refractivity contribution in [2.24, 2.45) is 7.05 Å². The van der Waals surface area contributed by atoms with E-state index in [4.69, 9.17) is 0 Å². The molecule has 0 spiro atoms. The smallest absolute Gasteiger partial charge is 0.327 e. The van der Waals surface area contributed by atoms with E-state index in [1.807, 2.05) is 4.98 Å². The molecule has 6 nitrogen and oxygen atoms in total. The van der Waals surface area contributed by atoms with E-state index in [0.29, 0.717) is 17.6 Å². The van der Waals surface area contributed by atoms with Gasteiger partial charge in [-0.3, -0.25) is 14.4 Å². The second-order valence-corrected chi connectivity index (χ2v) is 5.59. The van der Waals surface area contributed by atoms with E-state index in [0.717, 1.165) is 0 Å². The van der Waals surface area contributed by atoms with E-state index >= 15 is 0 Å². The molecule has 2 N–H and O–H groups in total. The molecule has 1 aromatic carbocycles.